The van der Waals surface area contributed by atoms with Crippen molar-refractivity contribution < 1.29 is 19.5 Å². The molecule has 2 atom stereocenters. The van der Waals surface area contributed by atoms with Crippen molar-refractivity contribution in [3.63, 3.8) is 0 Å². The summed E-state index contributed by atoms with van der Waals surface area (Å²) in [5, 5.41) is 8.71. The number of alkyl halides is 1. The zero-order chi connectivity index (χ0) is 11.1. The van der Waals surface area contributed by atoms with Crippen LogP contribution in [-0.4, -0.2) is 38.7 Å². The minimum atomic E-state index is -1.47. The molecule has 1 rings (SSSR count). The number of hydrogen-bond acceptors (Lipinski definition) is 3. The highest BCUT2D eigenvalue weighted by Gasteiger charge is 2.64. The number of carboxylic acids is 1. The van der Waals surface area contributed by atoms with E-state index in [-0.39, 0.29) is 6.42 Å². The second kappa shape index (κ2) is 3.24. The number of carboxylic acid groups (broad SMARTS) is 1. The third-order valence-corrected chi connectivity index (χ3v) is 2.77. The van der Waals surface area contributed by atoms with Gasteiger partial charge in [0.1, 0.15) is 0 Å². The molecule has 5 nitrogen and oxygen atoms in total. The quantitative estimate of drug-likeness (QED) is 0.674. The van der Waals surface area contributed by atoms with Crippen LogP contribution in [0.15, 0.2) is 0 Å². The third-order valence-electron chi connectivity index (χ3n) is 2.20. The molecule has 0 radical (unpaired) electrons. The van der Waals surface area contributed by atoms with E-state index in [2.05, 4.69) is 0 Å². The van der Waals surface area contributed by atoms with Gasteiger partial charge >= 0.3 is 5.97 Å². The second-order valence-electron chi connectivity index (χ2n) is 3.30. The average Bonchev–Trinajstić information content (AvgIpc) is 2.62. The normalized spacial score (nSPS) is 29.5. The maximum atomic E-state index is 11.0. The van der Waals surface area contributed by atoms with Crippen LogP contribution in [0.2, 0.25) is 0 Å². The summed E-state index contributed by atoms with van der Waals surface area (Å²) in [6.07, 6.45) is 0.114. The second-order valence-corrected chi connectivity index (χ2v) is 3.97. The number of halogens is 1. The van der Waals surface area contributed by atoms with E-state index >= 15 is 0 Å². The molecule has 0 heterocycles. The molecule has 0 aromatic rings. The summed E-state index contributed by atoms with van der Waals surface area (Å²) in [5.74, 6) is -2.16. The third kappa shape index (κ3) is 1.59. The first-order valence-electron chi connectivity index (χ1n) is 4.03. The van der Waals surface area contributed by atoms with Crippen molar-refractivity contribution in [3.8, 4) is 0 Å². The van der Waals surface area contributed by atoms with Crippen LogP contribution in [0, 0.1) is 0 Å². The van der Waals surface area contributed by atoms with E-state index in [9.17, 15) is 14.4 Å². The van der Waals surface area contributed by atoms with Gasteiger partial charge in [0.15, 0.2) is 4.87 Å². The van der Waals surface area contributed by atoms with E-state index in [4.69, 9.17) is 16.7 Å². The molecule has 78 valence electrons. The fraction of sp³-hybridized carbons (Fsp3) is 0.625. The van der Waals surface area contributed by atoms with E-state index in [1.165, 1.54) is 13.8 Å². The molecule has 0 aliphatic heterocycles. The Morgan fingerprint density at radius 3 is 2.00 bits per heavy atom. The van der Waals surface area contributed by atoms with Crippen molar-refractivity contribution >= 4 is 29.4 Å². The molecule has 14 heavy (non-hydrogen) atoms. The highest BCUT2D eigenvalue weighted by molar-refractivity contribution is 6.37. The lowest BCUT2D eigenvalue weighted by atomic mass is 10.3. The van der Waals surface area contributed by atoms with Crippen molar-refractivity contribution in [2.45, 2.75) is 31.2 Å². The lowest BCUT2D eigenvalue weighted by Gasteiger charge is -2.17. The average molecular weight is 220 g/mol. The Balaban J connectivity index is 2.82. The van der Waals surface area contributed by atoms with Crippen molar-refractivity contribution in [2.75, 3.05) is 0 Å². The molecule has 1 fully saturated rings. The molecule has 2 unspecified atom stereocenters. The summed E-state index contributed by atoms with van der Waals surface area (Å²) in [7, 11) is 0. The highest BCUT2D eigenvalue weighted by atomic mass is 35.5. The molecular weight excluding hydrogens is 210 g/mol. The summed E-state index contributed by atoms with van der Waals surface area (Å²) in [4.78, 5) is 32.1. The summed E-state index contributed by atoms with van der Waals surface area (Å²) < 4.78 is 0. The van der Waals surface area contributed by atoms with Gasteiger partial charge in [0.2, 0.25) is 11.8 Å². The zero-order valence-electron chi connectivity index (χ0n) is 7.78. The monoisotopic (exact) mass is 219 g/mol. The number of carbonyl (C=O) groups excluding carboxylic acids is 2. The lowest BCUT2D eigenvalue weighted by molar-refractivity contribution is -0.143. The molecule has 0 aromatic heterocycles. The largest absolute Gasteiger partial charge is 0.480 e. The van der Waals surface area contributed by atoms with Crippen LogP contribution >= 0.6 is 11.6 Å². The Bertz CT molecular complexity index is 302. The summed E-state index contributed by atoms with van der Waals surface area (Å²) in [6, 6.07) is -0.711. The standard InChI is InChI=1S/C8H10ClNO4/c1-4(11)10(5(2)12)6-3-8(6,9)7(13)14/h6H,3H2,1-2H3,(H,13,14). The SMILES string of the molecule is CC(=O)N(C(C)=O)C1CC1(Cl)C(=O)O. The minimum absolute atomic E-state index is 0.114. The van der Waals surface area contributed by atoms with Gasteiger partial charge in [-0.25, -0.2) is 0 Å². The van der Waals surface area contributed by atoms with E-state index in [1.54, 1.807) is 0 Å². The maximum Gasteiger partial charge on any atom is 0.327 e. The maximum absolute atomic E-state index is 11.0. The Kier molecular flexibility index (Phi) is 2.54. The number of aliphatic carboxylic acids is 1. The minimum Gasteiger partial charge on any atom is -0.480 e. The van der Waals surface area contributed by atoms with E-state index in [0.29, 0.717) is 0 Å². The predicted molar refractivity (Wildman–Crippen MR) is 47.8 cm³/mol. The molecule has 1 saturated carbocycles. The van der Waals surface area contributed by atoms with Gasteiger partial charge in [-0.15, -0.1) is 11.6 Å². The summed E-state index contributed by atoms with van der Waals surface area (Å²) in [6.45, 7) is 2.41. The molecule has 2 amide bonds. The number of rotatable bonds is 2. The van der Waals surface area contributed by atoms with Gasteiger partial charge < -0.3 is 5.11 Å². The summed E-state index contributed by atoms with van der Waals surface area (Å²) >= 11 is 5.68. The molecule has 1 aliphatic carbocycles. The highest BCUT2D eigenvalue weighted by Crippen LogP contribution is 2.47. The van der Waals surface area contributed by atoms with Gasteiger partial charge in [0.25, 0.3) is 0 Å². The van der Waals surface area contributed by atoms with Crippen LogP contribution in [0.1, 0.15) is 20.3 Å². The van der Waals surface area contributed by atoms with E-state index in [1.807, 2.05) is 0 Å². The van der Waals surface area contributed by atoms with E-state index in [0.717, 1.165) is 4.90 Å². The van der Waals surface area contributed by atoms with Crippen molar-refractivity contribution in [3.05, 3.63) is 0 Å². The Morgan fingerprint density at radius 1 is 1.36 bits per heavy atom. The summed E-state index contributed by atoms with van der Waals surface area (Å²) in [5.41, 5.74) is 0. The number of amides is 2. The van der Waals surface area contributed by atoms with Crippen LogP contribution in [0.5, 0.6) is 0 Å². The molecule has 0 saturated heterocycles. The molecular formula is C8H10ClNO4. The van der Waals surface area contributed by atoms with Crippen molar-refractivity contribution in [1.29, 1.82) is 0 Å². The zero-order valence-corrected chi connectivity index (χ0v) is 8.54. The van der Waals surface area contributed by atoms with Crippen LogP contribution < -0.4 is 0 Å². The number of nitrogens with zero attached hydrogens (tertiary/aromatic N) is 1. The van der Waals surface area contributed by atoms with E-state index < -0.39 is 28.7 Å². The van der Waals surface area contributed by atoms with Crippen molar-refractivity contribution in [1.82, 2.24) is 4.90 Å². The molecule has 0 spiro atoms. The molecule has 0 bridgehead atoms. The molecule has 1 N–H and O–H groups in total. The van der Waals surface area contributed by atoms with Gasteiger partial charge in [0, 0.05) is 20.3 Å². The van der Waals surface area contributed by atoms with Crippen LogP contribution in [0.3, 0.4) is 0 Å². The smallest absolute Gasteiger partial charge is 0.327 e. The van der Waals surface area contributed by atoms with Gasteiger partial charge in [-0.3, -0.25) is 19.3 Å². The first-order valence-corrected chi connectivity index (χ1v) is 4.41. The van der Waals surface area contributed by atoms with Gasteiger partial charge in [-0.2, -0.15) is 0 Å². The number of hydrogen-bond donors (Lipinski definition) is 1. The Morgan fingerprint density at radius 2 is 1.79 bits per heavy atom. The Labute approximate surface area is 85.6 Å². The first kappa shape index (κ1) is 11.0. The Hall–Kier alpha value is -1.10. The fourth-order valence-corrected chi connectivity index (χ4v) is 1.65. The van der Waals surface area contributed by atoms with Gasteiger partial charge in [-0.1, -0.05) is 0 Å². The number of imide groups is 1. The molecule has 1 aliphatic rings. The van der Waals surface area contributed by atoms with Gasteiger partial charge in [-0.05, 0) is 0 Å². The van der Waals surface area contributed by atoms with Crippen LogP contribution in [0.4, 0.5) is 0 Å². The van der Waals surface area contributed by atoms with Crippen LogP contribution in [-0.2, 0) is 14.4 Å². The predicted octanol–water partition coefficient (Wildman–Crippen LogP) is 0.216. The first-order chi connectivity index (χ1) is 6.30. The van der Waals surface area contributed by atoms with Gasteiger partial charge in [0.05, 0.1) is 6.04 Å². The van der Waals surface area contributed by atoms with Crippen LogP contribution in [0.25, 0.3) is 0 Å². The molecule has 0 aromatic carbocycles. The molecule has 6 heteroatoms. The number of carbonyl (C=O) groups is 3. The fourth-order valence-electron chi connectivity index (χ4n) is 1.41. The lowest BCUT2D eigenvalue weighted by Crippen LogP contribution is -2.40. The van der Waals surface area contributed by atoms with Crippen molar-refractivity contribution in [2.24, 2.45) is 0 Å². The topological polar surface area (TPSA) is 74.7 Å².